The van der Waals surface area contributed by atoms with E-state index in [4.69, 9.17) is 0 Å². The van der Waals surface area contributed by atoms with Crippen molar-refractivity contribution in [2.75, 3.05) is 29.5 Å². The predicted octanol–water partition coefficient (Wildman–Crippen LogP) is 4.27. The Kier molecular flexibility index (Phi) is 8.48. The number of benzene rings is 2. The molecule has 4 N–H and O–H groups in total. The number of carbonyl (C=O) groups is 1. The molecule has 1 aromatic heterocycles. The Labute approximate surface area is 197 Å². The van der Waals surface area contributed by atoms with Crippen LogP contribution in [0.2, 0.25) is 0 Å². The van der Waals surface area contributed by atoms with Crippen molar-refractivity contribution >= 4 is 29.0 Å². The Morgan fingerprint density at radius 3 is 2.62 bits per heavy atom. The van der Waals surface area contributed by atoms with Gasteiger partial charge in [0.2, 0.25) is 11.9 Å². The lowest BCUT2D eigenvalue weighted by atomic mass is 10.1. The average molecular weight is 465 g/mol. The van der Waals surface area contributed by atoms with Crippen LogP contribution in [-0.2, 0) is 4.79 Å². The van der Waals surface area contributed by atoms with Crippen molar-refractivity contribution in [2.24, 2.45) is 0 Å². The highest BCUT2D eigenvalue weighted by atomic mass is 19.1. The number of nitrogens with one attached hydrogen (secondary N) is 4. The number of rotatable bonds is 8. The van der Waals surface area contributed by atoms with Crippen LogP contribution >= 0.6 is 0 Å². The van der Waals surface area contributed by atoms with Crippen LogP contribution in [-0.4, -0.2) is 35.5 Å². The van der Waals surface area contributed by atoms with Crippen molar-refractivity contribution in [3.05, 3.63) is 71.4 Å². The summed E-state index contributed by atoms with van der Waals surface area (Å²) in [6.45, 7) is 4.37. The highest BCUT2D eigenvalue weighted by molar-refractivity contribution is 5.94. The molecule has 0 aliphatic carbocycles. The number of likely N-dealkylation sites (N-methyl/N-ethyl adjacent to an activating group) is 1. The average Bonchev–Trinajstić information content (AvgIpc) is 2.83. The predicted molar refractivity (Wildman–Crippen MR) is 130 cm³/mol. The lowest BCUT2D eigenvalue weighted by molar-refractivity contribution is -0.117. The second-order valence-electron chi connectivity index (χ2n) is 7.46. The summed E-state index contributed by atoms with van der Waals surface area (Å²) in [5, 5.41) is 11.7. The number of carbonyl (C=O) groups excluding carboxylic acids is 1. The minimum Gasteiger partial charge on any atom is -0.369 e. The van der Waals surface area contributed by atoms with Gasteiger partial charge in [-0.2, -0.15) is 4.98 Å². The zero-order chi connectivity index (χ0) is 24.5. The van der Waals surface area contributed by atoms with Gasteiger partial charge in [-0.3, -0.25) is 4.79 Å². The molecule has 9 heteroatoms. The van der Waals surface area contributed by atoms with Crippen LogP contribution in [0.1, 0.15) is 31.4 Å². The van der Waals surface area contributed by atoms with E-state index >= 15 is 0 Å². The summed E-state index contributed by atoms with van der Waals surface area (Å²) < 4.78 is 27.8. The zero-order valence-electron chi connectivity index (χ0n) is 19.2. The van der Waals surface area contributed by atoms with Crippen LogP contribution in [0.5, 0.6) is 0 Å². The number of hydrogen-bond donors (Lipinski definition) is 4. The molecule has 0 saturated carbocycles. The molecule has 1 heterocycles. The summed E-state index contributed by atoms with van der Waals surface area (Å²) in [5.41, 5.74) is 1.54. The fourth-order valence-corrected chi connectivity index (χ4v) is 2.82. The molecule has 176 valence electrons. The first kappa shape index (κ1) is 24.6. The number of anilines is 4. The standard InChI is InChI=1S/C25H26F2N6O/c1-4-12-29-23-18(15-30-25(33-23)32-20-7-5-6-19(26)14-20)9-8-17-13-21(10-11-22(17)27)31-24(34)16(2)28-3/h5-7,10-11,13-16,28H,4,12H2,1-3H3,(H,31,34)(H2,29,30,32,33). The van der Waals surface area contributed by atoms with Crippen LogP contribution < -0.4 is 21.3 Å². The Hall–Kier alpha value is -4.03. The molecular weight excluding hydrogens is 438 g/mol. The fourth-order valence-electron chi connectivity index (χ4n) is 2.82. The summed E-state index contributed by atoms with van der Waals surface area (Å²) in [6.07, 6.45) is 2.36. The number of halogens is 2. The van der Waals surface area contributed by atoms with Gasteiger partial charge < -0.3 is 21.3 Å². The van der Waals surface area contributed by atoms with E-state index < -0.39 is 11.9 Å². The first-order valence-corrected chi connectivity index (χ1v) is 10.8. The van der Waals surface area contributed by atoms with Gasteiger partial charge >= 0.3 is 0 Å². The lowest BCUT2D eigenvalue weighted by Crippen LogP contribution is -2.35. The Morgan fingerprint density at radius 2 is 1.88 bits per heavy atom. The topological polar surface area (TPSA) is 91.0 Å². The largest absolute Gasteiger partial charge is 0.369 e. The van der Waals surface area contributed by atoms with Crippen molar-refractivity contribution < 1.29 is 13.6 Å². The molecule has 0 bridgehead atoms. The molecule has 34 heavy (non-hydrogen) atoms. The normalized spacial score (nSPS) is 11.2. The van der Waals surface area contributed by atoms with Gasteiger partial charge in [0.25, 0.3) is 0 Å². The maximum atomic E-state index is 14.4. The quantitative estimate of drug-likeness (QED) is 0.373. The second kappa shape index (κ2) is 11.7. The molecule has 1 amide bonds. The molecule has 0 spiro atoms. The lowest BCUT2D eigenvalue weighted by Gasteiger charge is -2.11. The smallest absolute Gasteiger partial charge is 0.241 e. The van der Waals surface area contributed by atoms with E-state index in [-0.39, 0.29) is 23.2 Å². The van der Waals surface area contributed by atoms with Crippen molar-refractivity contribution in [3.8, 4) is 11.8 Å². The molecule has 0 radical (unpaired) electrons. The molecule has 7 nitrogen and oxygen atoms in total. The maximum Gasteiger partial charge on any atom is 0.241 e. The summed E-state index contributed by atoms with van der Waals surface area (Å²) in [5.74, 6) is 5.31. The van der Waals surface area contributed by atoms with Crippen molar-refractivity contribution in [1.82, 2.24) is 15.3 Å². The van der Waals surface area contributed by atoms with Gasteiger partial charge in [-0.05, 0) is 56.8 Å². The molecule has 1 atom stereocenters. The minimum absolute atomic E-state index is 0.123. The minimum atomic E-state index is -0.513. The zero-order valence-corrected chi connectivity index (χ0v) is 19.2. The highest BCUT2D eigenvalue weighted by Gasteiger charge is 2.11. The number of amides is 1. The summed E-state index contributed by atoms with van der Waals surface area (Å²) in [6, 6.07) is 9.77. The number of nitrogens with zero attached hydrogens (tertiary/aromatic N) is 2. The Balaban J connectivity index is 1.86. The maximum absolute atomic E-state index is 14.4. The van der Waals surface area contributed by atoms with E-state index in [1.165, 1.54) is 36.5 Å². The number of hydrogen-bond acceptors (Lipinski definition) is 6. The van der Waals surface area contributed by atoms with Gasteiger partial charge in [-0.25, -0.2) is 13.8 Å². The van der Waals surface area contributed by atoms with E-state index in [0.29, 0.717) is 29.3 Å². The third-order valence-corrected chi connectivity index (χ3v) is 4.80. The molecule has 0 aliphatic rings. The first-order chi connectivity index (χ1) is 16.4. The molecule has 3 aromatic rings. The Morgan fingerprint density at radius 1 is 1.09 bits per heavy atom. The molecule has 3 rings (SSSR count). The number of aromatic nitrogens is 2. The second-order valence-corrected chi connectivity index (χ2v) is 7.46. The first-order valence-electron chi connectivity index (χ1n) is 10.8. The van der Waals surface area contributed by atoms with Crippen LogP contribution in [0.4, 0.5) is 31.9 Å². The molecule has 0 fully saturated rings. The van der Waals surface area contributed by atoms with E-state index in [0.717, 1.165) is 6.42 Å². The molecule has 0 saturated heterocycles. The summed E-state index contributed by atoms with van der Waals surface area (Å²) in [4.78, 5) is 20.8. The van der Waals surface area contributed by atoms with Crippen LogP contribution in [0.15, 0.2) is 48.7 Å². The van der Waals surface area contributed by atoms with Gasteiger partial charge in [0, 0.05) is 17.9 Å². The van der Waals surface area contributed by atoms with E-state index in [2.05, 4.69) is 43.1 Å². The van der Waals surface area contributed by atoms with Gasteiger partial charge in [-0.1, -0.05) is 24.8 Å². The molecule has 2 aromatic carbocycles. The third-order valence-electron chi connectivity index (χ3n) is 4.80. The third kappa shape index (κ3) is 6.73. The molecule has 0 aliphatic heterocycles. The van der Waals surface area contributed by atoms with Crippen molar-refractivity contribution in [3.63, 3.8) is 0 Å². The van der Waals surface area contributed by atoms with Crippen LogP contribution in [0, 0.1) is 23.5 Å². The molecular formula is C25H26F2N6O. The van der Waals surface area contributed by atoms with Gasteiger partial charge in [0.15, 0.2) is 0 Å². The highest BCUT2D eigenvalue weighted by Crippen LogP contribution is 2.19. The van der Waals surface area contributed by atoms with E-state index in [9.17, 15) is 13.6 Å². The Bertz CT molecular complexity index is 1220. The van der Waals surface area contributed by atoms with Crippen LogP contribution in [0.3, 0.4) is 0 Å². The fraction of sp³-hybridized carbons (Fsp3) is 0.240. The molecule has 1 unspecified atom stereocenters. The van der Waals surface area contributed by atoms with Crippen LogP contribution in [0.25, 0.3) is 0 Å². The summed E-state index contributed by atoms with van der Waals surface area (Å²) in [7, 11) is 1.68. The van der Waals surface area contributed by atoms with Crippen molar-refractivity contribution in [1.29, 1.82) is 0 Å². The van der Waals surface area contributed by atoms with E-state index in [1.54, 1.807) is 26.1 Å². The van der Waals surface area contributed by atoms with Gasteiger partial charge in [0.1, 0.15) is 17.5 Å². The van der Waals surface area contributed by atoms with Gasteiger partial charge in [-0.15, -0.1) is 0 Å². The van der Waals surface area contributed by atoms with Crippen molar-refractivity contribution in [2.45, 2.75) is 26.3 Å². The monoisotopic (exact) mass is 464 g/mol. The SMILES string of the molecule is CCCNc1nc(Nc2cccc(F)c2)ncc1C#Cc1cc(NC(=O)C(C)NC)ccc1F. The van der Waals surface area contributed by atoms with Gasteiger partial charge in [0.05, 0.1) is 23.4 Å². The van der Waals surface area contributed by atoms with E-state index in [1.807, 2.05) is 6.92 Å². The summed E-state index contributed by atoms with van der Waals surface area (Å²) >= 11 is 0.